The molecule has 0 saturated heterocycles. The minimum Gasteiger partial charge on any atom is -0.370 e. The molecule has 4 heteroatoms. The fourth-order valence-corrected chi connectivity index (χ4v) is 2.38. The highest BCUT2D eigenvalue weighted by Gasteiger charge is 2.01. The molecule has 0 aliphatic heterocycles. The molecular weight excluding hydrogens is 302 g/mol. The van der Waals surface area contributed by atoms with Crippen LogP contribution in [-0.4, -0.2) is 16.5 Å². The molecule has 0 aliphatic carbocycles. The number of rotatable bonds is 9. The second kappa shape index (κ2) is 9.29. The summed E-state index contributed by atoms with van der Waals surface area (Å²) in [6.07, 6.45) is 7.42. The molecule has 0 radical (unpaired) electrons. The van der Waals surface area contributed by atoms with Crippen LogP contribution in [0.15, 0.2) is 10.7 Å². The molecule has 0 bridgehead atoms. The maximum absolute atomic E-state index is 4.46. The highest BCUT2D eigenvalue weighted by molar-refractivity contribution is 9.10. The van der Waals surface area contributed by atoms with Crippen LogP contribution in [0.5, 0.6) is 0 Å². The van der Waals surface area contributed by atoms with E-state index < -0.39 is 0 Å². The van der Waals surface area contributed by atoms with Crippen molar-refractivity contribution in [3.8, 4) is 0 Å². The highest BCUT2D eigenvalue weighted by Crippen LogP contribution is 2.13. The van der Waals surface area contributed by atoms with E-state index in [1.165, 1.54) is 32.1 Å². The number of aromatic nitrogens is 2. The Balaban J connectivity index is 2.17. The van der Waals surface area contributed by atoms with Gasteiger partial charge in [0, 0.05) is 19.0 Å². The van der Waals surface area contributed by atoms with Crippen molar-refractivity contribution in [1.29, 1.82) is 0 Å². The van der Waals surface area contributed by atoms with Gasteiger partial charge in [0.25, 0.3) is 0 Å². The van der Waals surface area contributed by atoms with Gasteiger partial charge in [0.15, 0.2) is 0 Å². The van der Waals surface area contributed by atoms with Gasteiger partial charge in [-0.2, -0.15) is 0 Å². The van der Waals surface area contributed by atoms with Crippen LogP contribution in [0.4, 0.5) is 5.82 Å². The maximum Gasteiger partial charge on any atom is 0.131 e. The van der Waals surface area contributed by atoms with E-state index in [2.05, 4.69) is 52.0 Å². The minimum atomic E-state index is 0.837. The lowest BCUT2D eigenvalue weighted by molar-refractivity contribution is 0.523. The van der Waals surface area contributed by atoms with Crippen molar-refractivity contribution in [2.24, 2.45) is 5.92 Å². The molecule has 1 heterocycles. The van der Waals surface area contributed by atoms with Crippen LogP contribution in [0.2, 0.25) is 0 Å². The Kier molecular flexibility index (Phi) is 8.03. The number of hydrogen-bond acceptors (Lipinski definition) is 3. The van der Waals surface area contributed by atoms with Crippen LogP contribution in [0, 0.1) is 5.92 Å². The van der Waals surface area contributed by atoms with Crippen LogP contribution in [0.1, 0.15) is 58.7 Å². The van der Waals surface area contributed by atoms with Crippen molar-refractivity contribution in [3.05, 3.63) is 16.5 Å². The average molecular weight is 328 g/mol. The molecule has 0 fully saturated rings. The number of aryl methyl sites for hydroxylation is 1. The fourth-order valence-electron chi connectivity index (χ4n) is 1.96. The van der Waals surface area contributed by atoms with E-state index in [1.807, 2.05) is 6.07 Å². The topological polar surface area (TPSA) is 37.8 Å². The molecule has 0 atom stereocenters. The van der Waals surface area contributed by atoms with Crippen molar-refractivity contribution in [1.82, 2.24) is 9.97 Å². The first kappa shape index (κ1) is 16.4. The second-order valence-electron chi connectivity index (χ2n) is 5.37. The zero-order valence-corrected chi connectivity index (χ0v) is 14.0. The molecule has 0 aliphatic rings. The molecule has 0 saturated carbocycles. The molecule has 3 nitrogen and oxygen atoms in total. The van der Waals surface area contributed by atoms with Gasteiger partial charge in [-0.05, 0) is 28.3 Å². The Hall–Kier alpha value is -0.640. The first-order chi connectivity index (χ1) is 9.11. The zero-order valence-electron chi connectivity index (χ0n) is 12.4. The van der Waals surface area contributed by atoms with Crippen molar-refractivity contribution in [2.75, 3.05) is 11.9 Å². The summed E-state index contributed by atoms with van der Waals surface area (Å²) in [6.45, 7) is 7.65. The van der Waals surface area contributed by atoms with Gasteiger partial charge in [0.2, 0.25) is 0 Å². The maximum atomic E-state index is 4.46. The third-order valence-corrected chi connectivity index (χ3v) is 3.48. The third kappa shape index (κ3) is 7.51. The molecule has 0 aromatic carbocycles. The molecule has 19 heavy (non-hydrogen) atoms. The first-order valence-corrected chi connectivity index (χ1v) is 8.18. The van der Waals surface area contributed by atoms with Crippen molar-refractivity contribution < 1.29 is 0 Å². The lowest BCUT2D eigenvalue weighted by atomic mass is 10.0. The standard InChI is InChI=1S/C15H26BrN3/c1-4-14-18-13(16)11-15(19-14)17-10-8-6-5-7-9-12(2)3/h11-12H,4-10H2,1-3H3,(H,17,18,19). The van der Waals surface area contributed by atoms with Crippen molar-refractivity contribution in [3.63, 3.8) is 0 Å². The molecule has 0 amide bonds. The highest BCUT2D eigenvalue weighted by atomic mass is 79.9. The van der Waals surface area contributed by atoms with Crippen molar-refractivity contribution >= 4 is 21.7 Å². The number of nitrogens with zero attached hydrogens (tertiary/aromatic N) is 2. The first-order valence-electron chi connectivity index (χ1n) is 7.39. The van der Waals surface area contributed by atoms with Gasteiger partial charge in [-0.1, -0.05) is 46.5 Å². The number of unbranched alkanes of at least 4 members (excludes halogenated alkanes) is 3. The summed E-state index contributed by atoms with van der Waals surface area (Å²) in [5.74, 6) is 2.65. The van der Waals surface area contributed by atoms with E-state index in [0.29, 0.717) is 0 Å². The van der Waals surface area contributed by atoms with E-state index in [4.69, 9.17) is 0 Å². The van der Waals surface area contributed by atoms with Gasteiger partial charge in [0.1, 0.15) is 16.2 Å². The van der Waals surface area contributed by atoms with E-state index in [1.54, 1.807) is 0 Å². The number of anilines is 1. The summed E-state index contributed by atoms with van der Waals surface area (Å²) in [6, 6.07) is 1.94. The van der Waals surface area contributed by atoms with Gasteiger partial charge < -0.3 is 5.32 Å². The summed E-state index contributed by atoms with van der Waals surface area (Å²) in [4.78, 5) is 8.76. The predicted molar refractivity (Wildman–Crippen MR) is 85.5 cm³/mol. The summed E-state index contributed by atoms with van der Waals surface area (Å²) in [5.41, 5.74) is 0. The molecule has 1 aromatic heterocycles. The smallest absolute Gasteiger partial charge is 0.131 e. The van der Waals surface area contributed by atoms with Gasteiger partial charge in [-0.15, -0.1) is 0 Å². The molecule has 1 aromatic rings. The Morgan fingerprint density at radius 3 is 2.58 bits per heavy atom. The lowest BCUT2D eigenvalue weighted by Gasteiger charge is -2.08. The van der Waals surface area contributed by atoms with Gasteiger partial charge in [-0.25, -0.2) is 9.97 Å². The lowest BCUT2D eigenvalue weighted by Crippen LogP contribution is -2.06. The Bertz CT molecular complexity index is 366. The predicted octanol–water partition coefficient (Wildman–Crippen LogP) is 4.82. The Morgan fingerprint density at radius 1 is 1.16 bits per heavy atom. The van der Waals surface area contributed by atoms with Crippen LogP contribution in [-0.2, 0) is 6.42 Å². The largest absolute Gasteiger partial charge is 0.370 e. The molecule has 0 spiro atoms. The van der Waals surface area contributed by atoms with E-state index >= 15 is 0 Å². The average Bonchev–Trinajstić information content (AvgIpc) is 2.36. The second-order valence-corrected chi connectivity index (χ2v) is 6.18. The quantitative estimate of drug-likeness (QED) is 0.522. The van der Waals surface area contributed by atoms with Crippen LogP contribution in [0.3, 0.4) is 0 Å². The summed E-state index contributed by atoms with van der Waals surface area (Å²) in [7, 11) is 0. The molecule has 0 unspecified atom stereocenters. The van der Waals surface area contributed by atoms with E-state index in [-0.39, 0.29) is 0 Å². The fraction of sp³-hybridized carbons (Fsp3) is 0.733. The molecule has 1 N–H and O–H groups in total. The van der Waals surface area contributed by atoms with Gasteiger partial charge in [-0.3, -0.25) is 0 Å². The molecular formula is C15H26BrN3. The zero-order chi connectivity index (χ0) is 14.1. The summed E-state index contributed by atoms with van der Waals surface area (Å²) < 4.78 is 0.860. The van der Waals surface area contributed by atoms with E-state index in [0.717, 1.165) is 35.1 Å². The number of nitrogens with one attached hydrogen (secondary N) is 1. The SMILES string of the molecule is CCc1nc(Br)cc(NCCCCCCC(C)C)n1. The number of hydrogen-bond donors (Lipinski definition) is 1. The van der Waals surface area contributed by atoms with E-state index in [9.17, 15) is 0 Å². The monoisotopic (exact) mass is 327 g/mol. The number of halogens is 1. The summed E-state index contributed by atoms with van der Waals surface area (Å²) >= 11 is 3.42. The van der Waals surface area contributed by atoms with Crippen molar-refractivity contribution in [2.45, 2.75) is 59.3 Å². The summed E-state index contributed by atoms with van der Waals surface area (Å²) in [5, 5.41) is 3.38. The van der Waals surface area contributed by atoms with Gasteiger partial charge >= 0.3 is 0 Å². The molecule has 1 rings (SSSR count). The Morgan fingerprint density at radius 2 is 1.89 bits per heavy atom. The third-order valence-electron chi connectivity index (χ3n) is 3.07. The Labute approximate surface area is 125 Å². The molecule has 108 valence electrons. The van der Waals surface area contributed by atoms with Gasteiger partial charge in [0.05, 0.1) is 0 Å². The normalized spacial score (nSPS) is 11.0. The van der Waals surface area contributed by atoms with Crippen LogP contribution < -0.4 is 5.32 Å². The van der Waals surface area contributed by atoms with Crippen LogP contribution >= 0.6 is 15.9 Å². The minimum absolute atomic E-state index is 0.837. The van der Waals surface area contributed by atoms with Crippen LogP contribution in [0.25, 0.3) is 0 Å².